The summed E-state index contributed by atoms with van der Waals surface area (Å²) < 4.78 is 30.7. The predicted octanol–water partition coefficient (Wildman–Crippen LogP) is 3.86. The zero-order chi connectivity index (χ0) is 18.4. The Balaban J connectivity index is 1.77. The number of anilines is 1. The number of hydrogen-bond donors (Lipinski definition) is 1. The number of carbonyl (C=O) groups excluding carboxylic acids is 2. The molecule has 0 aliphatic rings. The van der Waals surface area contributed by atoms with E-state index >= 15 is 0 Å². The average Bonchev–Trinajstić information content (AvgIpc) is 2.55. The molecular formula is C18H17F2NO3S. The van der Waals surface area contributed by atoms with Gasteiger partial charge in [0.2, 0.25) is 0 Å². The van der Waals surface area contributed by atoms with Crippen molar-refractivity contribution in [2.45, 2.75) is 18.7 Å². The summed E-state index contributed by atoms with van der Waals surface area (Å²) in [5.74, 6) is -3.17. The van der Waals surface area contributed by atoms with Crippen LogP contribution in [0.2, 0.25) is 0 Å². The number of esters is 1. The van der Waals surface area contributed by atoms with Gasteiger partial charge in [0.05, 0.1) is 5.75 Å². The summed E-state index contributed by atoms with van der Waals surface area (Å²) in [5, 5.41) is 2.32. The van der Waals surface area contributed by atoms with Crippen molar-refractivity contribution in [3.63, 3.8) is 0 Å². The molecule has 4 nitrogen and oxygen atoms in total. The van der Waals surface area contributed by atoms with Crippen LogP contribution in [0.4, 0.5) is 14.5 Å². The molecule has 0 bridgehead atoms. The lowest BCUT2D eigenvalue weighted by molar-refractivity contribution is -0.144. The Kier molecular flexibility index (Phi) is 6.52. The van der Waals surface area contributed by atoms with Crippen LogP contribution in [0.3, 0.4) is 0 Å². The highest BCUT2D eigenvalue weighted by Gasteiger charge is 2.11. The fraction of sp³-hybridized carbons (Fsp3) is 0.222. The molecule has 7 heteroatoms. The van der Waals surface area contributed by atoms with Gasteiger partial charge in [-0.1, -0.05) is 17.7 Å². The first-order valence-electron chi connectivity index (χ1n) is 7.45. The third kappa shape index (κ3) is 5.86. The Morgan fingerprint density at radius 3 is 2.52 bits per heavy atom. The minimum absolute atomic E-state index is 0.0718. The van der Waals surface area contributed by atoms with Gasteiger partial charge >= 0.3 is 5.97 Å². The number of hydrogen-bond acceptors (Lipinski definition) is 4. The largest absolute Gasteiger partial charge is 0.455 e. The van der Waals surface area contributed by atoms with E-state index in [4.69, 9.17) is 4.74 Å². The third-order valence-electron chi connectivity index (χ3n) is 3.24. The summed E-state index contributed by atoms with van der Waals surface area (Å²) in [6.07, 6.45) is 0. The van der Waals surface area contributed by atoms with E-state index in [1.54, 1.807) is 0 Å². The molecule has 2 aromatic carbocycles. The fourth-order valence-corrected chi connectivity index (χ4v) is 2.86. The standard InChI is InChI=1S/C18H17F2NO3S/c1-11-3-6-16(12(2)7-11)25-10-18(23)24-9-17(22)21-13-4-5-14(19)15(20)8-13/h3-8H,9-10H2,1-2H3,(H,21,22). The molecule has 1 amide bonds. The lowest BCUT2D eigenvalue weighted by Gasteiger charge is -2.08. The van der Waals surface area contributed by atoms with Crippen molar-refractivity contribution in [2.75, 3.05) is 17.7 Å². The zero-order valence-electron chi connectivity index (χ0n) is 13.8. The van der Waals surface area contributed by atoms with Gasteiger partial charge in [-0.2, -0.15) is 0 Å². The van der Waals surface area contributed by atoms with E-state index in [2.05, 4.69) is 5.32 Å². The highest BCUT2D eigenvalue weighted by atomic mass is 32.2. The van der Waals surface area contributed by atoms with Crippen molar-refractivity contribution in [1.82, 2.24) is 0 Å². The zero-order valence-corrected chi connectivity index (χ0v) is 14.6. The molecule has 0 heterocycles. The number of ether oxygens (including phenoxy) is 1. The van der Waals surface area contributed by atoms with Gasteiger partial charge in [0, 0.05) is 16.6 Å². The quantitative estimate of drug-likeness (QED) is 0.624. The smallest absolute Gasteiger partial charge is 0.316 e. The Bertz CT molecular complexity index is 796. The number of amides is 1. The molecule has 25 heavy (non-hydrogen) atoms. The molecule has 0 saturated heterocycles. The molecule has 0 spiro atoms. The summed E-state index contributed by atoms with van der Waals surface area (Å²) in [4.78, 5) is 24.4. The second kappa shape index (κ2) is 8.62. The van der Waals surface area contributed by atoms with Crippen LogP contribution < -0.4 is 5.32 Å². The molecule has 0 fully saturated rings. The first-order valence-corrected chi connectivity index (χ1v) is 8.44. The number of aryl methyl sites for hydroxylation is 2. The van der Waals surface area contributed by atoms with Crippen LogP contribution in [0.5, 0.6) is 0 Å². The van der Waals surface area contributed by atoms with Crippen molar-refractivity contribution < 1.29 is 23.1 Å². The molecule has 0 atom stereocenters. The van der Waals surface area contributed by atoms with Crippen LogP contribution in [0.15, 0.2) is 41.3 Å². The normalized spacial score (nSPS) is 10.4. The lowest BCUT2D eigenvalue weighted by atomic mass is 10.2. The van der Waals surface area contributed by atoms with Crippen molar-refractivity contribution in [2.24, 2.45) is 0 Å². The van der Waals surface area contributed by atoms with E-state index in [0.717, 1.165) is 28.2 Å². The highest BCUT2D eigenvalue weighted by Crippen LogP contribution is 2.23. The van der Waals surface area contributed by atoms with Crippen LogP contribution in [-0.2, 0) is 14.3 Å². The Morgan fingerprint density at radius 1 is 1.08 bits per heavy atom. The van der Waals surface area contributed by atoms with Crippen LogP contribution in [-0.4, -0.2) is 24.2 Å². The lowest BCUT2D eigenvalue weighted by Crippen LogP contribution is -2.21. The van der Waals surface area contributed by atoms with Crippen LogP contribution in [0.25, 0.3) is 0 Å². The molecule has 0 unspecified atom stereocenters. The molecule has 0 aliphatic heterocycles. The number of rotatable bonds is 6. The van der Waals surface area contributed by atoms with Crippen LogP contribution in [0, 0.1) is 25.5 Å². The molecule has 2 aromatic rings. The van der Waals surface area contributed by atoms with Gasteiger partial charge in [0.25, 0.3) is 5.91 Å². The maximum atomic E-state index is 13.0. The molecule has 2 rings (SSSR count). The first kappa shape index (κ1) is 18.9. The van der Waals surface area contributed by atoms with E-state index < -0.39 is 30.1 Å². The molecule has 0 radical (unpaired) electrons. The second-order valence-electron chi connectivity index (χ2n) is 5.40. The molecule has 0 aliphatic carbocycles. The van der Waals surface area contributed by atoms with E-state index in [0.29, 0.717) is 0 Å². The highest BCUT2D eigenvalue weighted by molar-refractivity contribution is 8.00. The van der Waals surface area contributed by atoms with E-state index in [1.807, 2.05) is 32.0 Å². The molecule has 0 aromatic heterocycles. The van der Waals surface area contributed by atoms with Gasteiger partial charge in [-0.3, -0.25) is 9.59 Å². The van der Waals surface area contributed by atoms with Gasteiger partial charge < -0.3 is 10.1 Å². The predicted molar refractivity (Wildman–Crippen MR) is 92.6 cm³/mol. The Morgan fingerprint density at radius 2 is 1.84 bits per heavy atom. The minimum Gasteiger partial charge on any atom is -0.455 e. The number of halogens is 2. The van der Waals surface area contributed by atoms with Crippen LogP contribution >= 0.6 is 11.8 Å². The number of thioether (sulfide) groups is 1. The maximum absolute atomic E-state index is 13.0. The Labute approximate surface area is 148 Å². The first-order chi connectivity index (χ1) is 11.8. The van der Waals surface area contributed by atoms with Gasteiger partial charge in [0.1, 0.15) is 0 Å². The van der Waals surface area contributed by atoms with Crippen molar-refractivity contribution in [3.05, 3.63) is 59.2 Å². The minimum atomic E-state index is -1.07. The fourth-order valence-electron chi connectivity index (χ4n) is 2.06. The topological polar surface area (TPSA) is 55.4 Å². The number of carbonyl (C=O) groups is 2. The average molecular weight is 365 g/mol. The second-order valence-corrected chi connectivity index (χ2v) is 6.41. The number of benzene rings is 2. The van der Waals surface area contributed by atoms with Crippen LogP contribution in [0.1, 0.15) is 11.1 Å². The third-order valence-corrected chi connectivity index (χ3v) is 4.39. The Hall–Kier alpha value is -2.41. The van der Waals surface area contributed by atoms with E-state index in [1.165, 1.54) is 17.8 Å². The van der Waals surface area contributed by atoms with Gasteiger partial charge in [-0.25, -0.2) is 8.78 Å². The van der Waals surface area contributed by atoms with Gasteiger partial charge in [0.15, 0.2) is 18.2 Å². The molecular weight excluding hydrogens is 348 g/mol. The van der Waals surface area contributed by atoms with Gasteiger partial charge in [-0.15, -0.1) is 11.8 Å². The van der Waals surface area contributed by atoms with E-state index in [9.17, 15) is 18.4 Å². The summed E-state index contributed by atoms with van der Waals surface area (Å²) >= 11 is 1.33. The number of nitrogens with one attached hydrogen (secondary N) is 1. The summed E-state index contributed by atoms with van der Waals surface area (Å²) in [5.41, 5.74) is 2.29. The monoisotopic (exact) mass is 365 g/mol. The maximum Gasteiger partial charge on any atom is 0.316 e. The van der Waals surface area contributed by atoms with Gasteiger partial charge in [-0.05, 0) is 37.6 Å². The molecule has 1 N–H and O–H groups in total. The summed E-state index contributed by atoms with van der Waals surface area (Å²) in [7, 11) is 0. The summed E-state index contributed by atoms with van der Waals surface area (Å²) in [6, 6.07) is 8.87. The molecule has 132 valence electrons. The van der Waals surface area contributed by atoms with Crippen molar-refractivity contribution >= 4 is 29.3 Å². The summed E-state index contributed by atoms with van der Waals surface area (Å²) in [6.45, 7) is 3.45. The SMILES string of the molecule is Cc1ccc(SCC(=O)OCC(=O)Nc2ccc(F)c(F)c2)c(C)c1. The van der Waals surface area contributed by atoms with Crippen molar-refractivity contribution in [1.29, 1.82) is 0 Å². The molecule has 0 saturated carbocycles. The van der Waals surface area contributed by atoms with Crippen molar-refractivity contribution in [3.8, 4) is 0 Å². The van der Waals surface area contributed by atoms with E-state index in [-0.39, 0.29) is 11.4 Å².